The summed E-state index contributed by atoms with van der Waals surface area (Å²) < 4.78 is 5.14. The van der Waals surface area contributed by atoms with Gasteiger partial charge in [0.1, 0.15) is 16.7 Å². The number of halogens is 5. The first kappa shape index (κ1) is 14.5. The molecule has 1 atom stereocenters. The smallest absolute Gasteiger partial charge is 0.159 e. The van der Waals surface area contributed by atoms with E-state index in [4.69, 9.17) is 67.8 Å². The average molecular weight is 323 g/mol. The first-order valence-electron chi connectivity index (χ1n) is 4.01. The van der Waals surface area contributed by atoms with E-state index in [0.717, 1.165) is 0 Å². The molecule has 0 aromatic heterocycles. The maximum Gasteiger partial charge on any atom is 0.159 e. The van der Waals surface area contributed by atoms with Crippen molar-refractivity contribution in [2.75, 3.05) is 6.61 Å². The first-order valence-corrected chi connectivity index (χ1v) is 5.90. The maximum absolute atomic E-state index is 8.97. The molecule has 0 aliphatic rings. The van der Waals surface area contributed by atoms with E-state index >= 15 is 0 Å². The molecule has 89 valence electrons. The second kappa shape index (κ2) is 5.85. The van der Waals surface area contributed by atoms with E-state index < -0.39 is 6.10 Å². The molecule has 0 aliphatic heterocycles. The molecule has 0 fully saturated rings. The quantitative estimate of drug-likeness (QED) is 0.654. The van der Waals surface area contributed by atoms with Crippen LogP contribution in [0.3, 0.4) is 0 Å². The molecule has 0 aliphatic carbocycles. The molecule has 1 aromatic rings. The van der Waals surface area contributed by atoms with Gasteiger partial charge in [-0.15, -0.1) is 0 Å². The zero-order chi connectivity index (χ0) is 12.5. The van der Waals surface area contributed by atoms with Crippen molar-refractivity contribution in [3.63, 3.8) is 0 Å². The van der Waals surface area contributed by atoms with Crippen LogP contribution in [0.25, 0.3) is 0 Å². The second-order valence-electron chi connectivity index (χ2n) is 2.86. The lowest BCUT2D eigenvalue weighted by Gasteiger charge is -2.14. The van der Waals surface area contributed by atoms with Gasteiger partial charge in [-0.3, -0.25) is 0 Å². The second-order valence-corrected chi connectivity index (χ2v) is 4.75. The average Bonchev–Trinajstić information content (AvgIpc) is 2.23. The van der Waals surface area contributed by atoms with Crippen molar-refractivity contribution >= 4 is 58.0 Å². The minimum absolute atomic E-state index is 0.0433. The molecule has 1 unspecified atom stereocenters. The summed E-state index contributed by atoms with van der Waals surface area (Å²) >= 11 is 29.1. The van der Waals surface area contributed by atoms with E-state index in [9.17, 15) is 0 Å². The summed E-state index contributed by atoms with van der Waals surface area (Å²) in [5.74, 6) is 0.0745. The van der Waals surface area contributed by atoms with Gasteiger partial charge in [-0.2, -0.15) is 0 Å². The SMILES string of the molecule is [CH2]C(O)COc1c(Cl)c(Cl)c(Cl)c(Cl)c1Cl. The Morgan fingerprint density at radius 3 is 1.69 bits per heavy atom. The lowest BCUT2D eigenvalue weighted by atomic mass is 10.3. The number of benzene rings is 1. The van der Waals surface area contributed by atoms with E-state index in [1.165, 1.54) is 0 Å². The molecular weight excluding hydrogens is 317 g/mol. The molecule has 16 heavy (non-hydrogen) atoms. The van der Waals surface area contributed by atoms with E-state index in [1.54, 1.807) is 0 Å². The van der Waals surface area contributed by atoms with Gasteiger partial charge in [-0.25, -0.2) is 0 Å². The van der Waals surface area contributed by atoms with Gasteiger partial charge in [0, 0.05) is 0 Å². The van der Waals surface area contributed by atoms with Crippen LogP contribution in [0.5, 0.6) is 5.75 Å². The number of aliphatic hydroxyl groups excluding tert-OH is 1. The molecule has 0 amide bonds. The monoisotopic (exact) mass is 321 g/mol. The number of rotatable bonds is 3. The van der Waals surface area contributed by atoms with Gasteiger partial charge >= 0.3 is 0 Å². The largest absolute Gasteiger partial charge is 0.488 e. The van der Waals surface area contributed by atoms with Gasteiger partial charge in [0.05, 0.1) is 21.2 Å². The van der Waals surface area contributed by atoms with Crippen LogP contribution in [0.15, 0.2) is 0 Å². The summed E-state index contributed by atoms with van der Waals surface area (Å²) in [6, 6.07) is 0. The Morgan fingerprint density at radius 2 is 1.31 bits per heavy atom. The van der Waals surface area contributed by atoms with Crippen LogP contribution in [0.2, 0.25) is 25.1 Å². The highest BCUT2D eigenvalue weighted by molar-refractivity contribution is 6.55. The lowest BCUT2D eigenvalue weighted by Crippen LogP contribution is -2.13. The number of hydrogen-bond acceptors (Lipinski definition) is 2. The fraction of sp³-hybridized carbons (Fsp3) is 0.222. The van der Waals surface area contributed by atoms with Crippen LogP contribution >= 0.6 is 58.0 Å². The highest BCUT2D eigenvalue weighted by Gasteiger charge is 2.20. The summed E-state index contributed by atoms with van der Waals surface area (Å²) in [6.07, 6.45) is -0.916. The molecule has 0 saturated carbocycles. The molecule has 0 heterocycles. The minimum atomic E-state index is -0.916. The summed E-state index contributed by atoms with van der Waals surface area (Å²) in [4.78, 5) is 0. The van der Waals surface area contributed by atoms with Crippen molar-refractivity contribution < 1.29 is 9.84 Å². The summed E-state index contributed by atoms with van der Waals surface area (Å²) in [7, 11) is 0. The van der Waals surface area contributed by atoms with Crippen molar-refractivity contribution in [3.05, 3.63) is 32.0 Å². The van der Waals surface area contributed by atoms with Crippen molar-refractivity contribution in [1.82, 2.24) is 0 Å². The molecule has 0 spiro atoms. The van der Waals surface area contributed by atoms with Gasteiger partial charge in [0.25, 0.3) is 0 Å². The fourth-order valence-electron chi connectivity index (χ4n) is 0.891. The predicted octanol–water partition coefficient (Wildman–Crippen LogP) is 4.53. The maximum atomic E-state index is 8.97. The molecular formula is C9H6Cl5O2. The first-order chi connectivity index (χ1) is 7.36. The van der Waals surface area contributed by atoms with E-state index in [1.807, 2.05) is 0 Å². The molecule has 1 N–H and O–H groups in total. The van der Waals surface area contributed by atoms with Crippen LogP contribution in [-0.2, 0) is 0 Å². The Bertz CT molecular complexity index is 376. The predicted molar refractivity (Wildman–Crippen MR) is 68.4 cm³/mol. The Hall–Kier alpha value is 0.430. The molecule has 1 rings (SSSR count). The third-order valence-electron chi connectivity index (χ3n) is 1.59. The lowest BCUT2D eigenvalue weighted by molar-refractivity contribution is 0.142. The number of hydrogen-bond donors (Lipinski definition) is 1. The van der Waals surface area contributed by atoms with Gasteiger partial charge in [-0.05, 0) is 6.92 Å². The zero-order valence-corrected chi connectivity index (χ0v) is 11.5. The summed E-state index contributed by atoms with van der Waals surface area (Å²) in [5, 5.41) is 9.21. The van der Waals surface area contributed by atoms with Gasteiger partial charge in [-0.1, -0.05) is 58.0 Å². The topological polar surface area (TPSA) is 29.5 Å². The van der Waals surface area contributed by atoms with Crippen LogP contribution in [-0.4, -0.2) is 17.8 Å². The third-order valence-corrected chi connectivity index (χ3v) is 3.83. The number of aliphatic hydroxyl groups is 1. The van der Waals surface area contributed by atoms with Gasteiger partial charge in [0.2, 0.25) is 0 Å². The highest BCUT2D eigenvalue weighted by atomic mass is 35.5. The van der Waals surface area contributed by atoms with Crippen molar-refractivity contribution in [2.45, 2.75) is 6.10 Å². The standard InChI is InChI=1S/C9H6Cl5O2/c1-3(15)2-16-9-7(13)5(11)4(10)6(12)8(9)14/h3,15H,1-2H2. The zero-order valence-electron chi connectivity index (χ0n) is 7.74. The van der Waals surface area contributed by atoms with E-state index in [-0.39, 0.29) is 37.5 Å². The third kappa shape index (κ3) is 3.00. The Labute approximate surface area is 118 Å². The highest BCUT2D eigenvalue weighted by Crippen LogP contribution is 2.48. The molecule has 7 heteroatoms. The van der Waals surface area contributed by atoms with Crippen LogP contribution in [0.1, 0.15) is 0 Å². The Kier molecular flexibility index (Phi) is 5.30. The van der Waals surface area contributed by atoms with Gasteiger partial charge in [0.15, 0.2) is 5.75 Å². The molecule has 0 saturated heterocycles. The summed E-state index contributed by atoms with van der Waals surface area (Å²) in [5.41, 5.74) is 0. The van der Waals surface area contributed by atoms with Crippen molar-refractivity contribution in [2.24, 2.45) is 0 Å². The van der Waals surface area contributed by atoms with Crippen LogP contribution < -0.4 is 4.74 Å². The molecule has 2 nitrogen and oxygen atoms in total. The Morgan fingerprint density at radius 1 is 0.938 bits per heavy atom. The van der Waals surface area contributed by atoms with Crippen molar-refractivity contribution in [1.29, 1.82) is 0 Å². The van der Waals surface area contributed by atoms with Crippen LogP contribution in [0.4, 0.5) is 0 Å². The number of ether oxygens (including phenoxy) is 1. The van der Waals surface area contributed by atoms with E-state index in [0.29, 0.717) is 0 Å². The van der Waals surface area contributed by atoms with E-state index in [2.05, 4.69) is 6.92 Å². The Balaban J connectivity index is 3.18. The minimum Gasteiger partial charge on any atom is -0.488 e. The van der Waals surface area contributed by atoms with Gasteiger partial charge < -0.3 is 9.84 Å². The summed E-state index contributed by atoms with van der Waals surface area (Å²) in [6.45, 7) is 3.24. The van der Waals surface area contributed by atoms with Crippen molar-refractivity contribution in [3.8, 4) is 5.75 Å². The fourth-order valence-corrected chi connectivity index (χ4v) is 2.12. The normalized spacial score (nSPS) is 12.7. The molecule has 1 radical (unpaired) electrons. The molecule has 1 aromatic carbocycles. The molecule has 0 bridgehead atoms. The van der Waals surface area contributed by atoms with Crippen LogP contribution in [0, 0.1) is 6.92 Å².